The molecule has 0 saturated heterocycles. The van der Waals surface area contributed by atoms with Gasteiger partial charge in [-0.05, 0) is 24.6 Å². The van der Waals surface area contributed by atoms with Crippen molar-refractivity contribution in [3.8, 4) is 0 Å². The van der Waals surface area contributed by atoms with Crippen molar-refractivity contribution in [3.63, 3.8) is 0 Å². The molecule has 2 nitrogen and oxygen atoms in total. The zero-order valence-corrected chi connectivity index (χ0v) is 10.8. The lowest BCUT2D eigenvalue weighted by atomic mass is 10.1. The van der Waals surface area contributed by atoms with Crippen molar-refractivity contribution in [2.45, 2.75) is 37.6 Å². The zero-order valence-electron chi connectivity index (χ0n) is 10.8. The average molecular weight is 273 g/mol. The van der Waals surface area contributed by atoms with Crippen LogP contribution >= 0.6 is 0 Å². The molecule has 1 aromatic rings. The van der Waals surface area contributed by atoms with Gasteiger partial charge in [0, 0.05) is 19.4 Å². The number of ether oxygens (including phenoxy) is 1. The van der Waals surface area contributed by atoms with E-state index in [1.165, 1.54) is 11.1 Å². The van der Waals surface area contributed by atoms with Crippen LogP contribution in [0.15, 0.2) is 24.3 Å². The van der Waals surface area contributed by atoms with Crippen LogP contribution in [0.2, 0.25) is 0 Å². The highest BCUT2D eigenvalue weighted by atomic mass is 19.4. The summed E-state index contributed by atoms with van der Waals surface area (Å²) in [5.74, 6) is 0. The van der Waals surface area contributed by atoms with Crippen LogP contribution in [0.3, 0.4) is 0 Å². The molecule has 1 aromatic carbocycles. The average Bonchev–Trinajstić information content (AvgIpc) is 2.71. The predicted molar refractivity (Wildman–Crippen MR) is 67.0 cm³/mol. The minimum absolute atomic E-state index is 0.0206. The fourth-order valence-corrected chi connectivity index (χ4v) is 2.56. The van der Waals surface area contributed by atoms with Crippen LogP contribution < -0.4 is 5.32 Å². The minimum atomic E-state index is -4.09. The first kappa shape index (κ1) is 14.3. The zero-order chi connectivity index (χ0) is 13.9. The Hall–Kier alpha value is -1.07. The first-order valence-electron chi connectivity index (χ1n) is 6.44. The van der Waals surface area contributed by atoms with Gasteiger partial charge in [0.25, 0.3) is 0 Å². The molecule has 1 N–H and O–H groups in total. The molecular weight excluding hydrogens is 255 g/mol. The Balaban J connectivity index is 1.86. The third-order valence-electron chi connectivity index (χ3n) is 3.43. The summed E-state index contributed by atoms with van der Waals surface area (Å²) in [6, 6.07) is 8.09. The van der Waals surface area contributed by atoms with Gasteiger partial charge in [-0.1, -0.05) is 24.3 Å². The van der Waals surface area contributed by atoms with E-state index in [-0.39, 0.29) is 25.2 Å². The molecule has 106 valence electrons. The summed E-state index contributed by atoms with van der Waals surface area (Å²) in [5.41, 5.74) is 2.40. The van der Waals surface area contributed by atoms with Crippen LogP contribution in [0, 0.1) is 0 Å². The van der Waals surface area contributed by atoms with Gasteiger partial charge < -0.3 is 10.1 Å². The van der Waals surface area contributed by atoms with Gasteiger partial charge >= 0.3 is 6.18 Å². The Morgan fingerprint density at radius 1 is 1.32 bits per heavy atom. The van der Waals surface area contributed by atoms with E-state index < -0.39 is 12.6 Å². The van der Waals surface area contributed by atoms with Gasteiger partial charge in [-0.15, -0.1) is 0 Å². The molecule has 2 rings (SSSR count). The van der Waals surface area contributed by atoms with E-state index in [0.717, 1.165) is 6.42 Å². The molecule has 0 saturated carbocycles. The Bertz CT molecular complexity index is 419. The molecule has 2 unspecified atom stereocenters. The number of hydrogen-bond acceptors (Lipinski definition) is 2. The summed E-state index contributed by atoms with van der Waals surface area (Å²) in [5, 5.41) is 3.18. The number of nitrogens with one attached hydrogen (secondary N) is 1. The maximum atomic E-state index is 12.0. The van der Waals surface area contributed by atoms with Gasteiger partial charge in [0.2, 0.25) is 0 Å². The molecule has 0 bridgehead atoms. The molecule has 5 heteroatoms. The van der Waals surface area contributed by atoms with Crippen LogP contribution in [0.25, 0.3) is 0 Å². The molecule has 1 aliphatic carbocycles. The van der Waals surface area contributed by atoms with Crippen molar-refractivity contribution in [1.29, 1.82) is 0 Å². The monoisotopic (exact) mass is 273 g/mol. The second-order valence-electron chi connectivity index (χ2n) is 4.80. The molecular formula is C14H18F3NO. The molecule has 0 radical (unpaired) electrons. The number of alkyl halides is 3. The van der Waals surface area contributed by atoms with Gasteiger partial charge in [-0.25, -0.2) is 0 Å². The normalized spacial score (nSPS) is 22.5. The molecule has 0 spiro atoms. The highest BCUT2D eigenvalue weighted by Crippen LogP contribution is 2.33. The summed E-state index contributed by atoms with van der Waals surface area (Å²) in [7, 11) is 1.85. The minimum Gasteiger partial charge on any atom is -0.376 e. The predicted octanol–water partition coefficient (Wildman–Crippen LogP) is 3.23. The third-order valence-corrected chi connectivity index (χ3v) is 3.43. The fourth-order valence-electron chi connectivity index (χ4n) is 2.56. The van der Waals surface area contributed by atoms with Gasteiger partial charge in [-0.3, -0.25) is 0 Å². The number of rotatable bonds is 5. The fraction of sp³-hybridized carbons (Fsp3) is 0.571. The van der Waals surface area contributed by atoms with E-state index in [4.69, 9.17) is 4.74 Å². The molecule has 2 atom stereocenters. The molecule has 0 fully saturated rings. The Labute approximate surface area is 111 Å². The summed E-state index contributed by atoms with van der Waals surface area (Å²) < 4.78 is 41.8. The molecule has 0 amide bonds. The van der Waals surface area contributed by atoms with Crippen molar-refractivity contribution in [3.05, 3.63) is 35.4 Å². The third kappa shape index (κ3) is 3.70. The second-order valence-corrected chi connectivity index (χ2v) is 4.80. The highest BCUT2D eigenvalue weighted by molar-refractivity contribution is 5.36. The summed E-state index contributed by atoms with van der Waals surface area (Å²) in [4.78, 5) is 0. The van der Waals surface area contributed by atoms with Gasteiger partial charge in [-0.2, -0.15) is 13.2 Å². The maximum Gasteiger partial charge on any atom is 0.389 e. The lowest BCUT2D eigenvalue weighted by molar-refractivity contribution is -0.139. The van der Waals surface area contributed by atoms with Crippen LogP contribution in [0.4, 0.5) is 13.2 Å². The standard InChI is InChI=1S/C14H18F3NO/c1-18-13-11-6-3-2-5-10(11)9-12(13)19-8-4-7-14(15,16)17/h2-3,5-6,12-13,18H,4,7-9H2,1H3. The van der Waals surface area contributed by atoms with Crippen molar-refractivity contribution < 1.29 is 17.9 Å². The molecule has 0 aromatic heterocycles. The molecule has 0 heterocycles. The largest absolute Gasteiger partial charge is 0.389 e. The number of hydrogen-bond donors (Lipinski definition) is 1. The molecule has 1 aliphatic rings. The number of likely N-dealkylation sites (N-methyl/N-ethyl adjacent to an activating group) is 1. The maximum absolute atomic E-state index is 12.0. The first-order chi connectivity index (χ1) is 9.01. The number of fused-ring (bicyclic) bond motifs is 1. The van der Waals surface area contributed by atoms with Crippen molar-refractivity contribution in [1.82, 2.24) is 5.32 Å². The van der Waals surface area contributed by atoms with Crippen LogP contribution in [0.1, 0.15) is 30.0 Å². The summed E-state index contributed by atoms with van der Waals surface area (Å²) in [6.45, 7) is 0.149. The van der Waals surface area contributed by atoms with Crippen molar-refractivity contribution in [2.75, 3.05) is 13.7 Å². The first-order valence-corrected chi connectivity index (χ1v) is 6.44. The van der Waals surface area contributed by atoms with Gasteiger partial charge in [0.1, 0.15) is 0 Å². The Kier molecular flexibility index (Phi) is 4.47. The van der Waals surface area contributed by atoms with Crippen LogP contribution in [0.5, 0.6) is 0 Å². The summed E-state index contributed by atoms with van der Waals surface area (Å²) >= 11 is 0. The SMILES string of the molecule is CNC1c2ccccc2CC1OCCCC(F)(F)F. The van der Waals surface area contributed by atoms with E-state index in [1.54, 1.807) is 0 Å². The molecule has 0 aliphatic heterocycles. The Morgan fingerprint density at radius 2 is 2.05 bits per heavy atom. The van der Waals surface area contributed by atoms with Gasteiger partial charge in [0.05, 0.1) is 12.1 Å². The van der Waals surface area contributed by atoms with Crippen LogP contribution in [-0.4, -0.2) is 25.9 Å². The van der Waals surface area contributed by atoms with E-state index in [9.17, 15) is 13.2 Å². The van der Waals surface area contributed by atoms with Crippen molar-refractivity contribution >= 4 is 0 Å². The lowest BCUT2D eigenvalue weighted by Crippen LogP contribution is -2.28. The second kappa shape index (κ2) is 5.92. The van der Waals surface area contributed by atoms with Gasteiger partial charge in [0.15, 0.2) is 0 Å². The van der Waals surface area contributed by atoms with E-state index in [2.05, 4.69) is 5.32 Å². The quantitative estimate of drug-likeness (QED) is 0.832. The van der Waals surface area contributed by atoms with E-state index in [1.807, 2.05) is 31.3 Å². The van der Waals surface area contributed by atoms with Crippen molar-refractivity contribution in [2.24, 2.45) is 0 Å². The smallest absolute Gasteiger partial charge is 0.376 e. The van der Waals surface area contributed by atoms with E-state index in [0.29, 0.717) is 0 Å². The highest BCUT2D eigenvalue weighted by Gasteiger charge is 2.32. The number of halogens is 3. The summed E-state index contributed by atoms with van der Waals surface area (Å²) in [6.07, 6.45) is -4.17. The van der Waals surface area contributed by atoms with E-state index >= 15 is 0 Å². The number of benzene rings is 1. The topological polar surface area (TPSA) is 21.3 Å². The van der Waals surface area contributed by atoms with Crippen LogP contribution in [-0.2, 0) is 11.2 Å². The Morgan fingerprint density at radius 3 is 2.74 bits per heavy atom. The molecule has 19 heavy (non-hydrogen) atoms. The lowest BCUT2D eigenvalue weighted by Gasteiger charge is -2.20.